The number of fused-ring (bicyclic) bond motifs is 4. The summed E-state index contributed by atoms with van der Waals surface area (Å²) in [6, 6.07) is 12.8. The SMILES string of the molecule is CC[C@@]1(NC(=O)OC(C)(C)C)C(=O)[C@@H]2c3c(F)cccc3N=C1N2c1ccccc1. The first kappa shape index (κ1) is 20.1. The lowest BCUT2D eigenvalue weighted by atomic mass is 9.89. The summed E-state index contributed by atoms with van der Waals surface area (Å²) in [5.74, 6) is -0.462. The minimum absolute atomic E-state index is 0.219. The fourth-order valence-corrected chi connectivity index (χ4v) is 4.08. The summed E-state index contributed by atoms with van der Waals surface area (Å²) in [4.78, 5) is 32.8. The van der Waals surface area contributed by atoms with E-state index < -0.39 is 29.1 Å². The van der Waals surface area contributed by atoms with Crippen LogP contribution < -0.4 is 10.2 Å². The number of carbonyl (C=O) groups excluding carboxylic acids is 2. The Morgan fingerprint density at radius 1 is 1.20 bits per heavy atom. The maximum absolute atomic E-state index is 14.9. The van der Waals surface area contributed by atoms with E-state index in [1.807, 2.05) is 30.3 Å². The molecule has 30 heavy (non-hydrogen) atoms. The summed E-state index contributed by atoms with van der Waals surface area (Å²) in [7, 11) is 0. The molecule has 2 aliphatic rings. The predicted molar refractivity (Wildman–Crippen MR) is 113 cm³/mol. The predicted octanol–water partition coefficient (Wildman–Crippen LogP) is 4.67. The van der Waals surface area contributed by atoms with Crippen LogP contribution in [-0.4, -0.2) is 28.9 Å². The van der Waals surface area contributed by atoms with Crippen molar-refractivity contribution < 1.29 is 18.7 Å². The molecule has 1 amide bonds. The number of amidine groups is 1. The van der Waals surface area contributed by atoms with Gasteiger partial charge < -0.3 is 15.0 Å². The van der Waals surface area contributed by atoms with Gasteiger partial charge in [-0.15, -0.1) is 0 Å². The molecule has 0 radical (unpaired) electrons. The van der Waals surface area contributed by atoms with Crippen molar-refractivity contribution in [2.45, 2.75) is 51.3 Å². The van der Waals surface area contributed by atoms with E-state index in [4.69, 9.17) is 4.74 Å². The van der Waals surface area contributed by atoms with Crippen LogP contribution in [0.4, 0.5) is 20.6 Å². The number of Topliss-reactive ketones (excluding diaryl/α,β-unsaturated/α-hetero) is 1. The van der Waals surface area contributed by atoms with Gasteiger partial charge in [-0.3, -0.25) is 4.79 Å². The van der Waals surface area contributed by atoms with Crippen LogP contribution in [0.3, 0.4) is 0 Å². The van der Waals surface area contributed by atoms with E-state index in [9.17, 15) is 14.0 Å². The zero-order chi connectivity index (χ0) is 21.7. The standard InChI is InChI=1S/C23H24FN3O3/c1-5-23(26-21(29)30-22(2,3)4)19(28)18-17-15(24)12-9-13-16(17)25-20(23)27(18)14-10-7-6-8-11-14/h6-13,18H,5H2,1-4H3,(H,26,29)/t18-,23+/m0/s1. The number of benzene rings is 2. The summed E-state index contributed by atoms with van der Waals surface area (Å²) in [6.07, 6.45) is -0.468. The Bertz CT molecular complexity index is 1050. The lowest BCUT2D eigenvalue weighted by Gasteiger charge is -2.33. The van der Waals surface area contributed by atoms with Crippen LogP contribution in [0.15, 0.2) is 53.5 Å². The molecule has 0 unspecified atom stereocenters. The monoisotopic (exact) mass is 409 g/mol. The van der Waals surface area contributed by atoms with E-state index in [-0.39, 0.29) is 17.8 Å². The number of hydrogen-bond acceptors (Lipinski definition) is 5. The van der Waals surface area contributed by atoms with Gasteiger partial charge in [0.2, 0.25) is 0 Å². The van der Waals surface area contributed by atoms with Crippen LogP contribution >= 0.6 is 0 Å². The first-order chi connectivity index (χ1) is 14.2. The van der Waals surface area contributed by atoms with E-state index in [1.54, 1.807) is 44.7 Å². The second-order valence-electron chi connectivity index (χ2n) is 8.47. The number of halogens is 1. The zero-order valence-corrected chi connectivity index (χ0v) is 17.4. The Morgan fingerprint density at radius 2 is 1.90 bits per heavy atom. The Morgan fingerprint density at radius 3 is 2.53 bits per heavy atom. The molecule has 2 aromatic carbocycles. The van der Waals surface area contributed by atoms with Gasteiger partial charge in [-0.25, -0.2) is 14.2 Å². The molecule has 156 valence electrons. The number of nitrogens with zero attached hydrogens (tertiary/aromatic N) is 2. The molecule has 1 fully saturated rings. The van der Waals surface area contributed by atoms with E-state index in [2.05, 4.69) is 10.3 Å². The third kappa shape index (κ3) is 3.05. The molecule has 0 aliphatic carbocycles. The van der Waals surface area contributed by atoms with Crippen molar-refractivity contribution >= 4 is 29.1 Å². The number of ether oxygens (including phenoxy) is 1. The largest absolute Gasteiger partial charge is 0.444 e. The average molecular weight is 409 g/mol. The summed E-state index contributed by atoms with van der Waals surface area (Å²) < 4.78 is 20.3. The molecule has 2 aromatic rings. The summed E-state index contributed by atoms with van der Waals surface area (Å²) in [5.41, 5.74) is -0.835. The summed E-state index contributed by atoms with van der Waals surface area (Å²) in [5, 5.41) is 2.77. The van der Waals surface area contributed by atoms with Crippen molar-refractivity contribution in [2.75, 3.05) is 4.90 Å². The van der Waals surface area contributed by atoms with Crippen LogP contribution in [0.25, 0.3) is 0 Å². The van der Waals surface area contributed by atoms with E-state index >= 15 is 0 Å². The highest BCUT2D eigenvalue weighted by Crippen LogP contribution is 2.49. The average Bonchev–Trinajstić information content (AvgIpc) is 2.85. The topological polar surface area (TPSA) is 71.0 Å². The number of anilines is 1. The third-order valence-electron chi connectivity index (χ3n) is 5.35. The van der Waals surface area contributed by atoms with Gasteiger partial charge in [0.25, 0.3) is 0 Å². The van der Waals surface area contributed by atoms with Crippen molar-refractivity contribution in [1.82, 2.24) is 5.32 Å². The Kier molecular flexibility index (Phi) is 4.64. The van der Waals surface area contributed by atoms with E-state index in [0.717, 1.165) is 0 Å². The lowest BCUT2D eigenvalue weighted by Crippen LogP contribution is -2.58. The minimum atomic E-state index is -1.42. The number of rotatable bonds is 3. The Balaban J connectivity index is 1.88. The number of nitrogens with one attached hydrogen (secondary N) is 1. The minimum Gasteiger partial charge on any atom is -0.444 e. The van der Waals surface area contributed by atoms with Gasteiger partial charge >= 0.3 is 6.09 Å². The molecule has 0 saturated carbocycles. The normalized spacial score (nSPS) is 22.4. The molecule has 2 atom stereocenters. The number of alkyl carbamates (subject to hydrolysis) is 1. The zero-order valence-electron chi connectivity index (χ0n) is 17.4. The van der Waals surface area contributed by atoms with E-state index in [0.29, 0.717) is 17.2 Å². The number of para-hydroxylation sites is 1. The van der Waals surface area contributed by atoms with Crippen LogP contribution in [-0.2, 0) is 9.53 Å². The van der Waals surface area contributed by atoms with Crippen molar-refractivity contribution in [3.05, 3.63) is 59.9 Å². The molecule has 2 heterocycles. The van der Waals surface area contributed by atoms with Crippen molar-refractivity contribution in [3.63, 3.8) is 0 Å². The maximum Gasteiger partial charge on any atom is 0.408 e. The molecule has 1 saturated heterocycles. The van der Waals surface area contributed by atoms with Gasteiger partial charge in [0.05, 0.1) is 5.69 Å². The molecule has 6 nitrogen and oxygen atoms in total. The van der Waals surface area contributed by atoms with Crippen molar-refractivity contribution in [2.24, 2.45) is 4.99 Å². The number of aliphatic imine (C=N–C) groups is 1. The molecule has 2 aliphatic heterocycles. The fraction of sp³-hybridized carbons (Fsp3) is 0.348. The van der Waals surface area contributed by atoms with Crippen LogP contribution in [0.5, 0.6) is 0 Å². The van der Waals surface area contributed by atoms with E-state index in [1.165, 1.54) is 6.07 Å². The number of carbonyl (C=O) groups is 2. The van der Waals surface area contributed by atoms with Crippen molar-refractivity contribution in [3.8, 4) is 0 Å². The van der Waals surface area contributed by atoms with Gasteiger partial charge in [0.1, 0.15) is 23.3 Å². The Hall–Kier alpha value is -3.22. The molecule has 0 spiro atoms. The molecule has 1 N–H and O–H groups in total. The van der Waals surface area contributed by atoms with Gasteiger partial charge in [0, 0.05) is 11.3 Å². The molecule has 4 rings (SSSR count). The molecule has 7 heteroatoms. The number of hydrogen-bond donors (Lipinski definition) is 1. The highest BCUT2D eigenvalue weighted by atomic mass is 19.1. The second-order valence-corrected chi connectivity index (χ2v) is 8.47. The van der Waals surface area contributed by atoms with Crippen LogP contribution in [0.1, 0.15) is 45.7 Å². The van der Waals surface area contributed by atoms with Crippen LogP contribution in [0.2, 0.25) is 0 Å². The van der Waals surface area contributed by atoms with Crippen LogP contribution in [0, 0.1) is 5.82 Å². The fourth-order valence-electron chi connectivity index (χ4n) is 4.08. The molecular weight excluding hydrogens is 385 g/mol. The Labute approximate surface area is 174 Å². The van der Waals surface area contributed by atoms with Crippen molar-refractivity contribution in [1.29, 1.82) is 0 Å². The summed E-state index contributed by atoms with van der Waals surface area (Å²) >= 11 is 0. The van der Waals surface area contributed by atoms with Gasteiger partial charge in [-0.05, 0) is 51.5 Å². The first-order valence-electron chi connectivity index (χ1n) is 9.95. The lowest BCUT2D eigenvalue weighted by molar-refractivity contribution is -0.123. The number of amides is 1. The maximum atomic E-state index is 14.9. The highest BCUT2D eigenvalue weighted by Gasteiger charge is 2.61. The smallest absolute Gasteiger partial charge is 0.408 e. The molecule has 2 bridgehead atoms. The third-order valence-corrected chi connectivity index (χ3v) is 5.35. The van der Waals surface area contributed by atoms with Gasteiger partial charge in [0.15, 0.2) is 11.3 Å². The molecule has 0 aromatic heterocycles. The highest BCUT2D eigenvalue weighted by molar-refractivity contribution is 6.31. The van der Waals surface area contributed by atoms with Gasteiger partial charge in [-0.1, -0.05) is 31.2 Å². The molecular formula is C23H24FN3O3. The quantitative estimate of drug-likeness (QED) is 0.800. The number of ketones is 1. The second kappa shape index (κ2) is 6.93. The summed E-state index contributed by atoms with van der Waals surface area (Å²) in [6.45, 7) is 7.04. The first-order valence-corrected chi connectivity index (χ1v) is 9.95. The van der Waals surface area contributed by atoms with Gasteiger partial charge in [-0.2, -0.15) is 0 Å².